The Bertz CT molecular complexity index is 1250. The van der Waals surface area contributed by atoms with Gasteiger partial charge in [0.1, 0.15) is 0 Å². The van der Waals surface area contributed by atoms with Crippen LogP contribution in [0.3, 0.4) is 0 Å². The van der Waals surface area contributed by atoms with Gasteiger partial charge in [-0.2, -0.15) is 4.98 Å². The zero-order valence-electron chi connectivity index (χ0n) is 16.3. The summed E-state index contributed by atoms with van der Waals surface area (Å²) < 4.78 is 6.14. The van der Waals surface area contributed by atoms with Gasteiger partial charge in [-0.3, -0.25) is 9.78 Å². The van der Waals surface area contributed by atoms with Gasteiger partial charge in [0.15, 0.2) is 0 Å². The number of nitrogens with one attached hydrogen (secondary N) is 1. The molecule has 1 aliphatic rings. The molecule has 1 unspecified atom stereocenters. The zero-order chi connectivity index (χ0) is 20.7. The van der Waals surface area contributed by atoms with Crippen molar-refractivity contribution in [2.45, 2.75) is 19.0 Å². The molecule has 150 valence electrons. The van der Waals surface area contributed by atoms with E-state index in [4.69, 9.17) is 4.74 Å². The predicted octanol–water partition coefficient (Wildman–Crippen LogP) is 4.67. The number of imidazole rings is 1. The summed E-state index contributed by atoms with van der Waals surface area (Å²) in [4.78, 5) is 27.2. The molecule has 1 aliphatic heterocycles. The molecule has 5 rings (SSSR count). The van der Waals surface area contributed by atoms with Gasteiger partial charge in [-0.05, 0) is 57.4 Å². The number of methoxy groups -OCH3 is 1. The van der Waals surface area contributed by atoms with Crippen LogP contribution in [0, 0.1) is 0 Å². The van der Waals surface area contributed by atoms with Crippen molar-refractivity contribution in [2.75, 3.05) is 7.11 Å². The molecule has 1 atom stereocenters. The van der Waals surface area contributed by atoms with Crippen LogP contribution in [-0.4, -0.2) is 32.9 Å². The summed E-state index contributed by atoms with van der Waals surface area (Å²) in [6.45, 7) is 0.500. The number of amides is 1. The van der Waals surface area contributed by atoms with E-state index in [9.17, 15) is 4.79 Å². The molecule has 7 heteroatoms. The Morgan fingerprint density at radius 2 is 2.03 bits per heavy atom. The van der Waals surface area contributed by atoms with Crippen LogP contribution in [0.25, 0.3) is 11.0 Å². The summed E-state index contributed by atoms with van der Waals surface area (Å²) in [7, 11) is 1.58. The molecule has 6 nitrogen and oxygen atoms in total. The van der Waals surface area contributed by atoms with Crippen LogP contribution in [0.4, 0.5) is 0 Å². The van der Waals surface area contributed by atoms with Crippen molar-refractivity contribution in [3.05, 3.63) is 87.7 Å². The summed E-state index contributed by atoms with van der Waals surface area (Å²) in [5, 5.41) is 0. The van der Waals surface area contributed by atoms with E-state index in [-0.39, 0.29) is 11.9 Å². The van der Waals surface area contributed by atoms with Gasteiger partial charge in [-0.1, -0.05) is 24.3 Å². The summed E-state index contributed by atoms with van der Waals surface area (Å²) in [5.41, 5.74) is 5.49. The van der Waals surface area contributed by atoms with Crippen LogP contribution in [0.1, 0.15) is 33.2 Å². The average molecular weight is 463 g/mol. The predicted molar refractivity (Wildman–Crippen MR) is 117 cm³/mol. The van der Waals surface area contributed by atoms with E-state index in [1.54, 1.807) is 13.3 Å². The second-order valence-electron chi connectivity index (χ2n) is 7.27. The summed E-state index contributed by atoms with van der Waals surface area (Å²) >= 11 is 3.59. The van der Waals surface area contributed by atoms with E-state index >= 15 is 0 Å². The number of benzene rings is 2. The van der Waals surface area contributed by atoms with Crippen molar-refractivity contribution in [1.82, 2.24) is 19.9 Å². The largest absolute Gasteiger partial charge is 0.468 e. The minimum atomic E-state index is -0.0769. The van der Waals surface area contributed by atoms with Gasteiger partial charge in [0.25, 0.3) is 11.9 Å². The fourth-order valence-corrected chi connectivity index (χ4v) is 4.44. The number of halogens is 1. The first kappa shape index (κ1) is 18.8. The van der Waals surface area contributed by atoms with E-state index in [1.807, 2.05) is 59.5 Å². The molecule has 1 amide bonds. The lowest BCUT2D eigenvalue weighted by molar-refractivity contribution is 0.0708. The SMILES string of the molecule is COc1nc2ccc(CN3C(=O)c4ccccc4C3Cc3ncccc3Br)cc2[nH]1. The van der Waals surface area contributed by atoms with Gasteiger partial charge < -0.3 is 14.6 Å². The maximum absolute atomic E-state index is 13.3. The Balaban J connectivity index is 1.50. The lowest BCUT2D eigenvalue weighted by atomic mass is 10.0. The Morgan fingerprint density at radius 3 is 2.87 bits per heavy atom. The molecule has 0 spiro atoms. The van der Waals surface area contributed by atoms with Gasteiger partial charge in [-0.25, -0.2) is 0 Å². The lowest BCUT2D eigenvalue weighted by Gasteiger charge is -2.26. The number of carbonyl (C=O) groups is 1. The highest BCUT2D eigenvalue weighted by Gasteiger charge is 2.36. The number of H-pyrrole nitrogens is 1. The van der Waals surface area contributed by atoms with Crippen LogP contribution >= 0.6 is 15.9 Å². The normalized spacial score (nSPS) is 15.6. The Morgan fingerprint density at radius 1 is 1.17 bits per heavy atom. The molecule has 4 aromatic rings. The van der Waals surface area contributed by atoms with Crippen molar-refractivity contribution < 1.29 is 9.53 Å². The average Bonchev–Trinajstić information content (AvgIpc) is 3.29. The van der Waals surface area contributed by atoms with Crippen LogP contribution in [-0.2, 0) is 13.0 Å². The first-order valence-electron chi connectivity index (χ1n) is 9.66. The molecule has 0 aliphatic carbocycles. The van der Waals surface area contributed by atoms with E-state index < -0.39 is 0 Å². The third-order valence-electron chi connectivity index (χ3n) is 5.48. The Kier molecular flexibility index (Phi) is 4.75. The van der Waals surface area contributed by atoms with Crippen LogP contribution in [0.2, 0.25) is 0 Å². The van der Waals surface area contributed by atoms with Crippen molar-refractivity contribution in [3.8, 4) is 6.01 Å². The van der Waals surface area contributed by atoms with Crippen molar-refractivity contribution >= 4 is 32.9 Å². The molecule has 0 fully saturated rings. The minimum absolute atomic E-state index is 0.0462. The zero-order valence-corrected chi connectivity index (χ0v) is 17.9. The maximum Gasteiger partial charge on any atom is 0.294 e. The van der Waals surface area contributed by atoms with Crippen molar-refractivity contribution in [3.63, 3.8) is 0 Å². The van der Waals surface area contributed by atoms with Gasteiger partial charge in [-0.15, -0.1) is 0 Å². The summed E-state index contributed by atoms with van der Waals surface area (Å²) in [6.07, 6.45) is 2.43. The Hall–Kier alpha value is -3.19. The van der Waals surface area contributed by atoms with Gasteiger partial charge in [0.05, 0.1) is 29.9 Å². The second-order valence-corrected chi connectivity index (χ2v) is 8.12. The smallest absolute Gasteiger partial charge is 0.294 e. The standard InChI is InChI=1S/C23H19BrN4O2/c1-30-23-26-18-9-8-14(11-20(18)27-23)13-28-21(12-19-17(24)7-4-10-25-19)15-5-2-3-6-16(15)22(28)29/h2-11,21H,12-13H2,1H3,(H,26,27). The Labute approximate surface area is 182 Å². The number of rotatable bonds is 5. The van der Waals surface area contributed by atoms with Gasteiger partial charge in [0.2, 0.25) is 0 Å². The van der Waals surface area contributed by atoms with Crippen LogP contribution in [0.5, 0.6) is 6.01 Å². The molecule has 30 heavy (non-hydrogen) atoms. The van der Waals surface area contributed by atoms with E-state index in [0.717, 1.165) is 37.9 Å². The molecular formula is C23H19BrN4O2. The highest BCUT2D eigenvalue weighted by Crippen LogP contribution is 2.38. The molecule has 0 saturated carbocycles. The third-order valence-corrected chi connectivity index (χ3v) is 6.20. The number of ether oxygens (including phenoxy) is 1. The number of aromatic amines is 1. The maximum atomic E-state index is 13.3. The number of nitrogens with zero attached hydrogens (tertiary/aromatic N) is 3. The molecule has 2 aromatic heterocycles. The highest BCUT2D eigenvalue weighted by atomic mass is 79.9. The van der Waals surface area contributed by atoms with E-state index in [2.05, 4.69) is 30.9 Å². The van der Waals surface area contributed by atoms with Crippen molar-refractivity contribution in [2.24, 2.45) is 0 Å². The fourth-order valence-electron chi connectivity index (χ4n) is 4.03. The molecular weight excluding hydrogens is 444 g/mol. The molecule has 0 saturated heterocycles. The molecule has 2 aromatic carbocycles. The van der Waals surface area contributed by atoms with Crippen molar-refractivity contribution in [1.29, 1.82) is 0 Å². The first-order valence-corrected chi connectivity index (χ1v) is 10.5. The lowest BCUT2D eigenvalue weighted by Crippen LogP contribution is -2.29. The van der Waals surface area contributed by atoms with Crippen LogP contribution < -0.4 is 4.74 Å². The van der Waals surface area contributed by atoms with Gasteiger partial charge >= 0.3 is 0 Å². The van der Waals surface area contributed by atoms with Crippen LogP contribution in [0.15, 0.2) is 65.3 Å². The van der Waals surface area contributed by atoms with E-state index in [1.165, 1.54) is 0 Å². The number of carbonyl (C=O) groups excluding carboxylic acids is 1. The third kappa shape index (κ3) is 3.25. The van der Waals surface area contributed by atoms with E-state index in [0.29, 0.717) is 19.0 Å². The number of aromatic nitrogens is 3. The number of fused-ring (bicyclic) bond motifs is 2. The second kappa shape index (κ2) is 7.57. The van der Waals surface area contributed by atoms with Gasteiger partial charge in [0, 0.05) is 29.2 Å². The molecule has 0 bridgehead atoms. The molecule has 0 radical (unpaired) electrons. The minimum Gasteiger partial charge on any atom is -0.468 e. The topological polar surface area (TPSA) is 71.1 Å². The summed E-state index contributed by atoms with van der Waals surface area (Å²) in [6, 6.07) is 18.1. The number of hydrogen-bond donors (Lipinski definition) is 1. The molecule has 1 N–H and O–H groups in total. The first-order chi connectivity index (χ1) is 14.6. The monoisotopic (exact) mass is 462 g/mol. The molecule has 3 heterocycles. The quantitative estimate of drug-likeness (QED) is 0.467. The number of pyridine rings is 1. The summed E-state index contributed by atoms with van der Waals surface area (Å²) in [5.74, 6) is 0.0462. The highest BCUT2D eigenvalue weighted by molar-refractivity contribution is 9.10. The fraction of sp³-hybridized carbons (Fsp3) is 0.174. The number of hydrogen-bond acceptors (Lipinski definition) is 4.